The SMILES string of the molecule is CC(C)=CCC[C@@H](C)CCNCCC1CCCN1C. The van der Waals surface area contributed by atoms with Crippen molar-refractivity contribution < 1.29 is 0 Å². The summed E-state index contributed by atoms with van der Waals surface area (Å²) in [4.78, 5) is 2.52. The molecule has 2 atom stereocenters. The third kappa shape index (κ3) is 7.74. The minimum atomic E-state index is 0.836. The Morgan fingerprint density at radius 2 is 2.11 bits per heavy atom. The predicted octanol–water partition coefficient (Wildman–Crippen LogP) is 3.83. The second kappa shape index (κ2) is 9.55. The third-order valence-electron chi connectivity index (χ3n) is 4.35. The van der Waals surface area contributed by atoms with E-state index in [2.05, 4.69) is 44.1 Å². The number of allylic oxidation sites excluding steroid dienone is 2. The van der Waals surface area contributed by atoms with E-state index >= 15 is 0 Å². The fourth-order valence-corrected chi connectivity index (χ4v) is 2.89. The number of rotatable bonds is 9. The molecule has 2 heteroatoms. The maximum absolute atomic E-state index is 3.62. The van der Waals surface area contributed by atoms with Gasteiger partial charge in [-0.25, -0.2) is 0 Å². The van der Waals surface area contributed by atoms with E-state index < -0.39 is 0 Å². The quantitative estimate of drug-likeness (QED) is 0.504. The Kier molecular flexibility index (Phi) is 8.40. The minimum Gasteiger partial charge on any atom is -0.317 e. The highest BCUT2D eigenvalue weighted by atomic mass is 15.1. The van der Waals surface area contributed by atoms with E-state index in [9.17, 15) is 0 Å². The van der Waals surface area contributed by atoms with Gasteiger partial charge in [0, 0.05) is 6.04 Å². The highest BCUT2D eigenvalue weighted by molar-refractivity contribution is 4.92. The summed E-state index contributed by atoms with van der Waals surface area (Å²) in [7, 11) is 2.27. The highest BCUT2D eigenvalue weighted by Crippen LogP contribution is 2.17. The molecule has 1 unspecified atom stereocenters. The molecule has 112 valence electrons. The lowest BCUT2D eigenvalue weighted by molar-refractivity contribution is 0.293. The summed E-state index contributed by atoms with van der Waals surface area (Å²) < 4.78 is 0. The lowest BCUT2D eigenvalue weighted by Crippen LogP contribution is -2.29. The van der Waals surface area contributed by atoms with E-state index in [4.69, 9.17) is 0 Å². The summed E-state index contributed by atoms with van der Waals surface area (Å²) in [5.41, 5.74) is 1.45. The normalized spacial score (nSPS) is 21.6. The van der Waals surface area contributed by atoms with Crippen molar-refractivity contribution in [2.75, 3.05) is 26.7 Å². The van der Waals surface area contributed by atoms with E-state index in [1.807, 2.05) is 0 Å². The molecule has 1 heterocycles. The number of nitrogens with one attached hydrogen (secondary N) is 1. The molecule has 19 heavy (non-hydrogen) atoms. The summed E-state index contributed by atoms with van der Waals surface area (Å²) in [6.07, 6.45) is 10.4. The Balaban J connectivity index is 1.93. The fourth-order valence-electron chi connectivity index (χ4n) is 2.89. The molecule has 0 spiro atoms. The molecule has 1 rings (SSSR count). The van der Waals surface area contributed by atoms with Crippen molar-refractivity contribution in [2.24, 2.45) is 5.92 Å². The van der Waals surface area contributed by atoms with Gasteiger partial charge in [-0.05, 0) is 85.0 Å². The van der Waals surface area contributed by atoms with Crippen molar-refractivity contribution in [3.8, 4) is 0 Å². The molecule has 1 aliphatic heterocycles. The zero-order valence-corrected chi connectivity index (χ0v) is 13.5. The maximum Gasteiger partial charge on any atom is 0.0105 e. The van der Waals surface area contributed by atoms with Crippen molar-refractivity contribution in [3.05, 3.63) is 11.6 Å². The monoisotopic (exact) mass is 266 g/mol. The first-order chi connectivity index (χ1) is 9.09. The van der Waals surface area contributed by atoms with Crippen LogP contribution in [-0.2, 0) is 0 Å². The first-order valence-electron chi connectivity index (χ1n) is 8.14. The van der Waals surface area contributed by atoms with Gasteiger partial charge in [-0.3, -0.25) is 0 Å². The standard InChI is InChI=1S/C17H34N2/c1-15(2)7-5-8-16(3)10-12-18-13-11-17-9-6-14-19(17)4/h7,16-18H,5-6,8-14H2,1-4H3/t16-,17?/m1/s1. The van der Waals surface area contributed by atoms with Crippen molar-refractivity contribution in [1.82, 2.24) is 10.2 Å². The van der Waals surface area contributed by atoms with Gasteiger partial charge in [0.15, 0.2) is 0 Å². The molecule has 1 N–H and O–H groups in total. The number of hydrogen-bond acceptors (Lipinski definition) is 2. The molecule has 0 amide bonds. The maximum atomic E-state index is 3.62. The van der Waals surface area contributed by atoms with Crippen LogP contribution in [0.5, 0.6) is 0 Å². The van der Waals surface area contributed by atoms with E-state index in [1.165, 1.54) is 63.7 Å². The smallest absolute Gasteiger partial charge is 0.0105 e. The van der Waals surface area contributed by atoms with E-state index in [1.54, 1.807) is 0 Å². The van der Waals surface area contributed by atoms with E-state index in [0.717, 1.165) is 12.0 Å². The van der Waals surface area contributed by atoms with Gasteiger partial charge in [-0.2, -0.15) is 0 Å². The van der Waals surface area contributed by atoms with Gasteiger partial charge in [0.05, 0.1) is 0 Å². The molecule has 1 aliphatic rings. The van der Waals surface area contributed by atoms with Crippen LogP contribution < -0.4 is 5.32 Å². The Morgan fingerprint density at radius 1 is 1.32 bits per heavy atom. The largest absolute Gasteiger partial charge is 0.317 e. The van der Waals surface area contributed by atoms with Crippen LogP contribution in [-0.4, -0.2) is 37.6 Å². The number of hydrogen-bond donors (Lipinski definition) is 1. The summed E-state index contributed by atoms with van der Waals surface area (Å²) >= 11 is 0. The summed E-state index contributed by atoms with van der Waals surface area (Å²) in [6, 6.07) is 0.836. The summed E-state index contributed by atoms with van der Waals surface area (Å²) in [5.74, 6) is 0.845. The molecular weight excluding hydrogens is 232 g/mol. The number of likely N-dealkylation sites (tertiary alicyclic amines) is 1. The molecule has 0 aromatic heterocycles. The average Bonchev–Trinajstić information content (AvgIpc) is 2.74. The Bertz CT molecular complexity index is 256. The molecule has 0 saturated carbocycles. The van der Waals surface area contributed by atoms with E-state index in [0.29, 0.717) is 0 Å². The molecule has 0 aromatic rings. The molecule has 0 bridgehead atoms. The minimum absolute atomic E-state index is 0.836. The summed E-state index contributed by atoms with van der Waals surface area (Å²) in [6.45, 7) is 10.4. The molecule has 0 radical (unpaired) electrons. The average molecular weight is 266 g/mol. The van der Waals surface area contributed by atoms with Gasteiger partial charge in [0.1, 0.15) is 0 Å². The predicted molar refractivity (Wildman–Crippen MR) is 85.6 cm³/mol. The second-order valence-electron chi connectivity index (χ2n) is 6.57. The van der Waals surface area contributed by atoms with Crippen LogP contribution in [0.25, 0.3) is 0 Å². The van der Waals surface area contributed by atoms with Crippen LogP contribution in [0.3, 0.4) is 0 Å². The van der Waals surface area contributed by atoms with Crippen LogP contribution in [0.2, 0.25) is 0 Å². The van der Waals surface area contributed by atoms with Crippen molar-refractivity contribution in [2.45, 2.75) is 65.3 Å². The first-order valence-corrected chi connectivity index (χ1v) is 8.14. The third-order valence-corrected chi connectivity index (χ3v) is 4.35. The number of nitrogens with zero attached hydrogens (tertiary/aromatic N) is 1. The van der Waals surface area contributed by atoms with Crippen molar-refractivity contribution in [3.63, 3.8) is 0 Å². The topological polar surface area (TPSA) is 15.3 Å². The van der Waals surface area contributed by atoms with Gasteiger partial charge >= 0.3 is 0 Å². The molecule has 1 saturated heterocycles. The molecule has 0 aromatic carbocycles. The van der Waals surface area contributed by atoms with Crippen LogP contribution in [0.15, 0.2) is 11.6 Å². The molecular formula is C17H34N2. The van der Waals surface area contributed by atoms with Gasteiger partial charge in [-0.15, -0.1) is 0 Å². The molecule has 1 fully saturated rings. The lowest BCUT2D eigenvalue weighted by Gasteiger charge is -2.19. The summed E-state index contributed by atoms with van der Waals surface area (Å²) in [5, 5.41) is 3.62. The Morgan fingerprint density at radius 3 is 2.74 bits per heavy atom. The molecule has 0 aliphatic carbocycles. The second-order valence-corrected chi connectivity index (χ2v) is 6.57. The van der Waals surface area contributed by atoms with Gasteiger partial charge in [0.2, 0.25) is 0 Å². The Hall–Kier alpha value is -0.340. The van der Waals surface area contributed by atoms with Gasteiger partial charge in [0.25, 0.3) is 0 Å². The Labute approximate surface area is 120 Å². The molecule has 2 nitrogen and oxygen atoms in total. The first kappa shape index (κ1) is 16.7. The zero-order valence-electron chi connectivity index (χ0n) is 13.5. The fraction of sp³-hybridized carbons (Fsp3) is 0.882. The van der Waals surface area contributed by atoms with E-state index in [-0.39, 0.29) is 0 Å². The highest BCUT2D eigenvalue weighted by Gasteiger charge is 2.19. The van der Waals surface area contributed by atoms with Gasteiger partial charge < -0.3 is 10.2 Å². The van der Waals surface area contributed by atoms with Crippen LogP contribution in [0.1, 0.15) is 59.3 Å². The van der Waals surface area contributed by atoms with Crippen LogP contribution in [0.4, 0.5) is 0 Å². The van der Waals surface area contributed by atoms with Crippen LogP contribution in [0, 0.1) is 5.92 Å². The lowest BCUT2D eigenvalue weighted by atomic mass is 10.0. The van der Waals surface area contributed by atoms with Crippen molar-refractivity contribution in [1.29, 1.82) is 0 Å². The zero-order chi connectivity index (χ0) is 14.1. The van der Waals surface area contributed by atoms with Crippen LogP contribution >= 0.6 is 0 Å². The van der Waals surface area contributed by atoms with Gasteiger partial charge in [-0.1, -0.05) is 18.6 Å². The van der Waals surface area contributed by atoms with Crippen molar-refractivity contribution >= 4 is 0 Å².